The van der Waals surface area contributed by atoms with Crippen LogP contribution in [0.1, 0.15) is 35.6 Å². The number of fused-ring (bicyclic) bond motifs is 1. The Bertz CT molecular complexity index is 1050. The molecule has 29 heavy (non-hydrogen) atoms. The number of aliphatic hydroxyl groups excluding tert-OH is 1. The van der Waals surface area contributed by atoms with E-state index in [-0.39, 0.29) is 6.10 Å². The summed E-state index contributed by atoms with van der Waals surface area (Å²) >= 11 is 0. The molecule has 1 fully saturated rings. The molecule has 0 bridgehead atoms. The summed E-state index contributed by atoms with van der Waals surface area (Å²) in [5, 5.41) is 10.9. The number of imidazole rings is 1. The van der Waals surface area contributed by atoms with Crippen molar-refractivity contribution >= 4 is 22.3 Å². The van der Waals surface area contributed by atoms with Crippen LogP contribution >= 0.6 is 0 Å². The van der Waals surface area contributed by atoms with Crippen LogP contribution in [0.3, 0.4) is 0 Å². The summed E-state index contributed by atoms with van der Waals surface area (Å²) in [6.07, 6.45) is 5.24. The molecular formula is C22H28N6O. The van der Waals surface area contributed by atoms with Gasteiger partial charge in [-0.05, 0) is 49.6 Å². The zero-order valence-electron chi connectivity index (χ0n) is 16.9. The predicted octanol–water partition coefficient (Wildman–Crippen LogP) is 2.57. The van der Waals surface area contributed by atoms with E-state index in [2.05, 4.69) is 49.1 Å². The highest BCUT2D eigenvalue weighted by Crippen LogP contribution is 2.27. The van der Waals surface area contributed by atoms with E-state index in [1.54, 1.807) is 7.05 Å². The first-order chi connectivity index (χ1) is 14.0. The summed E-state index contributed by atoms with van der Waals surface area (Å²) in [6.45, 7) is 4.72. The molecule has 7 heteroatoms. The van der Waals surface area contributed by atoms with Gasteiger partial charge in [0.2, 0.25) is 0 Å². The van der Waals surface area contributed by atoms with E-state index in [1.165, 1.54) is 5.56 Å². The van der Waals surface area contributed by atoms with E-state index in [1.807, 2.05) is 19.2 Å². The van der Waals surface area contributed by atoms with Crippen molar-refractivity contribution < 1.29 is 5.11 Å². The lowest BCUT2D eigenvalue weighted by Crippen LogP contribution is -2.35. The van der Waals surface area contributed by atoms with E-state index in [0.717, 1.165) is 66.2 Å². The highest BCUT2D eigenvalue weighted by Gasteiger charge is 2.17. The van der Waals surface area contributed by atoms with Crippen LogP contribution < -0.4 is 5.73 Å². The summed E-state index contributed by atoms with van der Waals surface area (Å²) in [5.41, 5.74) is 11.1. The Morgan fingerprint density at radius 2 is 2.07 bits per heavy atom. The summed E-state index contributed by atoms with van der Waals surface area (Å²) < 4.78 is 0. The van der Waals surface area contributed by atoms with Gasteiger partial charge in [-0.2, -0.15) is 0 Å². The summed E-state index contributed by atoms with van der Waals surface area (Å²) in [5.74, 6) is 1.31. The first kappa shape index (κ1) is 19.4. The van der Waals surface area contributed by atoms with Gasteiger partial charge >= 0.3 is 0 Å². The standard InChI is InChI=1S/C22H28N6O/c1-14-25-12-21(26-14)18(11-22(23)24-2)20-10-16-9-15(3-4-19(16)27-20)13-28-7-5-17(29)6-8-28/h3-4,9-12,17,27,29H,5-8,13H2,1-2H3,(H2,23,24)(H,25,26)/b18-11-. The molecule has 0 spiro atoms. The number of aromatic nitrogens is 3. The molecule has 1 saturated heterocycles. The monoisotopic (exact) mass is 392 g/mol. The van der Waals surface area contributed by atoms with E-state index < -0.39 is 0 Å². The van der Waals surface area contributed by atoms with Gasteiger partial charge in [-0.3, -0.25) is 9.89 Å². The number of aliphatic hydroxyl groups is 1. The molecule has 1 aliphatic heterocycles. The van der Waals surface area contributed by atoms with E-state index in [0.29, 0.717) is 5.84 Å². The molecular weight excluding hydrogens is 364 g/mol. The first-order valence-electron chi connectivity index (χ1n) is 10.00. The van der Waals surface area contributed by atoms with E-state index >= 15 is 0 Å². The van der Waals surface area contributed by atoms with Crippen molar-refractivity contribution in [1.29, 1.82) is 0 Å². The molecule has 3 aromatic rings. The Hall–Kier alpha value is -2.90. The molecule has 7 nitrogen and oxygen atoms in total. The second kappa shape index (κ2) is 8.23. The van der Waals surface area contributed by atoms with Crippen LogP contribution in [-0.2, 0) is 6.54 Å². The lowest BCUT2D eigenvalue weighted by molar-refractivity contribution is 0.0792. The van der Waals surface area contributed by atoms with Gasteiger partial charge in [-0.15, -0.1) is 0 Å². The number of piperidine rings is 1. The van der Waals surface area contributed by atoms with Gasteiger partial charge in [-0.1, -0.05) is 6.07 Å². The van der Waals surface area contributed by atoms with Crippen molar-refractivity contribution in [3.63, 3.8) is 0 Å². The lowest BCUT2D eigenvalue weighted by atomic mass is 10.1. The molecule has 0 aliphatic carbocycles. The summed E-state index contributed by atoms with van der Waals surface area (Å²) in [7, 11) is 1.68. The smallest absolute Gasteiger partial charge is 0.118 e. The molecule has 5 N–H and O–H groups in total. The third-order valence-corrected chi connectivity index (χ3v) is 5.48. The second-order valence-electron chi connectivity index (χ2n) is 7.70. The SMILES string of the molecule is CN=C(N)/C=C(\c1cnc(C)[nH]1)c1cc2cc(CN3CCC(O)CC3)ccc2[nH]1. The third-order valence-electron chi connectivity index (χ3n) is 5.48. The number of likely N-dealkylation sites (tertiary alicyclic amines) is 1. The van der Waals surface area contributed by atoms with E-state index in [9.17, 15) is 5.11 Å². The normalized spacial score (nSPS) is 17.3. The zero-order chi connectivity index (χ0) is 20.4. The molecule has 0 unspecified atom stereocenters. The van der Waals surface area contributed by atoms with Crippen LogP contribution in [-0.4, -0.2) is 57.0 Å². The fraction of sp³-hybridized carbons (Fsp3) is 0.364. The Kier molecular flexibility index (Phi) is 5.51. The summed E-state index contributed by atoms with van der Waals surface area (Å²) in [4.78, 5) is 17.6. The van der Waals surface area contributed by atoms with Crippen LogP contribution in [0.25, 0.3) is 16.5 Å². The Balaban J connectivity index is 1.64. The van der Waals surface area contributed by atoms with Gasteiger partial charge in [0.25, 0.3) is 0 Å². The van der Waals surface area contributed by atoms with Gasteiger partial charge < -0.3 is 20.8 Å². The number of benzene rings is 1. The van der Waals surface area contributed by atoms with Crippen LogP contribution in [0.4, 0.5) is 0 Å². The van der Waals surface area contributed by atoms with Crippen LogP contribution in [0.2, 0.25) is 0 Å². The average Bonchev–Trinajstić information content (AvgIpc) is 3.33. The van der Waals surface area contributed by atoms with Crippen molar-refractivity contribution in [1.82, 2.24) is 19.9 Å². The van der Waals surface area contributed by atoms with Crippen molar-refractivity contribution in [2.24, 2.45) is 10.7 Å². The number of aryl methyl sites for hydroxylation is 1. The minimum absolute atomic E-state index is 0.142. The zero-order valence-corrected chi connectivity index (χ0v) is 16.9. The fourth-order valence-corrected chi connectivity index (χ4v) is 3.83. The molecule has 0 atom stereocenters. The van der Waals surface area contributed by atoms with Gasteiger partial charge in [-0.25, -0.2) is 4.98 Å². The van der Waals surface area contributed by atoms with Crippen molar-refractivity contribution in [2.75, 3.05) is 20.1 Å². The number of nitrogens with one attached hydrogen (secondary N) is 2. The molecule has 0 saturated carbocycles. The maximum absolute atomic E-state index is 9.70. The number of nitrogens with two attached hydrogens (primary N) is 1. The molecule has 4 rings (SSSR count). The number of amidine groups is 1. The van der Waals surface area contributed by atoms with Crippen LogP contribution in [0, 0.1) is 6.92 Å². The minimum atomic E-state index is -0.142. The van der Waals surface area contributed by atoms with Gasteiger partial charge in [0.1, 0.15) is 11.7 Å². The number of aliphatic imine (C=N–C) groups is 1. The Morgan fingerprint density at radius 3 is 2.76 bits per heavy atom. The van der Waals surface area contributed by atoms with Gasteiger partial charge in [0.05, 0.1) is 18.0 Å². The fourth-order valence-electron chi connectivity index (χ4n) is 3.83. The van der Waals surface area contributed by atoms with Gasteiger partial charge in [0.15, 0.2) is 0 Å². The number of hydrogen-bond acceptors (Lipinski definition) is 4. The van der Waals surface area contributed by atoms with Crippen molar-refractivity contribution in [3.05, 3.63) is 59.3 Å². The van der Waals surface area contributed by atoms with Crippen LogP contribution in [0.15, 0.2) is 41.5 Å². The minimum Gasteiger partial charge on any atom is -0.393 e. The topological polar surface area (TPSA) is 106 Å². The predicted molar refractivity (Wildman–Crippen MR) is 117 cm³/mol. The number of aromatic amines is 2. The Labute approximate surface area is 170 Å². The third kappa shape index (κ3) is 4.41. The molecule has 0 amide bonds. The lowest BCUT2D eigenvalue weighted by Gasteiger charge is -2.29. The van der Waals surface area contributed by atoms with E-state index in [4.69, 9.17) is 5.73 Å². The van der Waals surface area contributed by atoms with Crippen LogP contribution in [0.5, 0.6) is 0 Å². The number of hydrogen-bond donors (Lipinski definition) is 4. The first-order valence-corrected chi connectivity index (χ1v) is 10.00. The quantitative estimate of drug-likeness (QED) is 0.395. The molecule has 3 heterocycles. The summed E-state index contributed by atoms with van der Waals surface area (Å²) in [6, 6.07) is 8.66. The molecule has 1 aromatic carbocycles. The largest absolute Gasteiger partial charge is 0.393 e. The molecule has 2 aromatic heterocycles. The maximum atomic E-state index is 9.70. The molecule has 1 aliphatic rings. The number of nitrogens with zero attached hydrogens (tertiary/aromatic N) is 3. The molecule has 152 valence electrons. The number of H-pyrrole nitrogens is 2. The Morgan fingerprint density at radius 1 is 1.28 bits per heavy atom. The highest BCUT2D eigenvalue weighted by atomic mass is 16.3. The second-order valence-corrected chi connectivity index (χ2v) is 7.70. The van der Waals surface area contributed by atoms with Gasteiger partial charge in [0, 0.05) is 48.9 Å². The van der Waals surface area contributed by atoms with Crippen molar-refractivity contribution in [3.8, 4) is 0 Å². The highest BCUT2D eigenvalue weighted by molar-refractivity contribution is 6.01. The average molecular weight is 393 g/mol. The number of rotatable bonds is 5. The molecule has 0 radical (unpaired) electrons. The maximum Gasteiger partial charge on any atom is 0.118 e. The van der Waals surface area contributed by atoms with Crippen molar-refractivity contribution in [2.45, 2.75) is 32.4 Å².